The standard InChI is InChI=1S/C22H33N3O2/c1-15-13-22(2,3)11-10-19(15)25-21(27)23-14-16-6-4-9-18(12-16)24-20(26)17-7-5-8-17/h4,6,9,12,15,17,19H,5,7-8,10-11,13-14H2,1-3H3,(H,24,26)(H2,23,25,27). The maximum absolute atomic E-state index is 12.3. The fraction of sp³-hybridized carbons (Fsp3) is 0.636. The van der Waals surface area contributed by atoms with Gasteiger partial charge in [-0.2, -0.15) is 0 Å². The molecule has 2 atom stereocenters. The highest BCUT2D eigenvalue weighted by atomic mass is 16.2. The average Bonchev–Trinajstić information content (AvgIpc) is 2.54. The van der Waals surface area contributed by atoms with Crippen LogP contribution in [0.4, 0.5) is 10.5 Å². The van der Waals surface area contributed by atoms with E-state index in [1.165, 1.54) is 0 Å². The molecule has 0 heterocycles. The third kappa shape index (κ3) is 5.47. The summed E-state index contributed by atoms with van der Waals surface area (Å²) in [6.07, 6.45) is 6.44. The molecule has 148 valence electrons. The van der Waals surface area contributed by atoms with Crippen LogP contribution >= 0.6 is 0 Å². The molecule has 1 aromatic carbocycles. The monoisotopic (exact) mass is 371 g/mol. The molecule has 2 saturated carbocycles. The molecule has 0 saturated heterocycles. The highest BCUT2D eigenvalue weighted by Gasteiger charge is 2.33. The second-order valence-electron chi connectivity index (χ2n) is 9.14. The van der Waals surface area contributed by atoms with Crippen LogP contribution in [0.5, 0.6) is 0 Å². The Morgan fingerprint density at radius 3 is 2.63 bits per heavy atom. The second kappa shape index (κ2) is 8.32. The summed E-state index contributed by atoms with van der Waals surface area (Å²) in [6.45, 7) is 7.28. The van der Waals surface area contributed by atoms with E-state index in [4.69, 9.17) is 0 Å². The van der Waals surface area contributed by atoms with E-state index in [-0.39, 0.29) is 23.9 Å². The Kier molecular flexibility index (Phi) is 6.08. The van der Waals surface area contributed by atoms with Crippen molar-refractivity contribution in [3.05, 3.63) is 29.8 Å². The van der Waals surface area contributed by atoms with Gasteiger partial charge in [0.2, 0.25) is 5.91 Å². The van der Waals surface area contributed by atoms with Crippen LogP contribution in [0.25, 0.3) is 0 Å². The predicted molar refractivity (Wildman–Crippen MR) is 108 cm³/mol. The first-order chi connectivity index (χ1) is 12.8. The molecule has 2 unspecified atom stereocenters. The molecule has 3 amide bonds. The molecular formula is C22H33N3O2. The summed E-state index contributed by atoms with van der Waals surface area (Å²) in [5.41, 5.74) is 2.16. The van der Waals surface area contributed by atoms with E-state index < -0.39 is 0 Å². The molecule has 0 aromatic heterocycles. The Labute approximate surface area is 162 Å². The number of rotatable bonds is 5. The van der Waals surface area contributed by atoms with Crippen LogP contribution in [0.1, 0.15) is 64.9 Å². The van der Waals surface area contributed by atoms with Crippen LogP contribution in [0.2, 0.25) is 0 Å². The lowest BCUT2D eigenvalue weighted by Gasteiger charge is -2.39. The number of urea groups is 1. The van der Waals surface area contributed by atoms with E-state index in [9.17, 15) is 9.59 Å². The van der Waals surface area contributed by atoms with E-state index in [0.29, 0.717) is 17.9 Å². The topological polar surface area (TPSA) is 70.2 Å². The molecule has 2 fully saturated rings. The van der Waals surface area contributed by atoms with Crippen LogP contribution in [-0.4, -0.2) is 18.0 Å². The van der Waals surface area contributed by atoms with Gasteiger partial charge in [-0.05, 0) is 61.1 Å². The van der Waals surface area contributed by atoms with E-state index in [0.717, 1.165) is 49.8 Å². The van der Waals surface area contributed by atoms with Gasteiger partial charge in [0.15, 0.2) is 0 Å². The van der Waals surface area contributed by atoms with Gasteiger partial charge in [-0.15, -0.1) is 0 Å². The van der Waals surface area contributed by atoms with Gasteiger partial charge in [-0.1, -0.05) is 39.3 Å². The minimum absolute atomic E-state index is 0.110. The fourth-order valence-corrected chi connectivity index (χ4v) is 4.24. The van der Waals surface area contributed by atoms with Gasteiger partial charge >= 0.3 is 6.03 Å². The Hall–Kier alpha value is -2.04. The summed E-state index contributed by atoms with van der Waals surface area (Å²) in [5, 5.41) is 9.07. The lowest BCUT2D eigenvalue weighted by atomic mass is 9.70. The van der Waals surface area contributed by atoms with Crippen LogP contribution in [0.3, 0.4) is 0 Å². The smallest absolute Gasteiger partial charge is 0.315 e. The number of amides is 3. The molecule has 3 rings (SSSR count). The van der Waals surface area contributed by atoms with Crippen LogP contribution in [0.15, 0.2) is 24.3 Å². The van der Waals surface area contributed by atoms with Crippen molar-refractivity contribution in [2.45, 2.75) is 71.9 Å². The van der Waals surface area contributed by atoms with Crippen molar-refractivity contribution >= 4 is 17.6 Å². The van der Waals surface area contributed by atoms with Crippen molar-refractivity contribution in [3.8, 4) is 0 Å². The van der Waals surface area contributed by atoms with Gasteiger partial charge in [0.1, 0.15) is 0 Å². The number of hydrogen-bond acceptors (Lipinski definition) is 2. The molecule has 0 radical (unpaired) electrons. The summed E-state index contributed by atoms with van der Waals surface area (Å²) in [4.78, 5) is 24.4. The minimum atomic E-state index is -0.115. The summed E-state index contributed by atoms with van der Waals surface area (Å²) in [6, 6.07) is 7.83. The Bertz CT molecular complexity index is 682. The van der Waals surface area contributed by atoms with Gasteiger partial charge in [-0.3, -0.25) is 4.79 Å². The number of anilines is 1. The van der Waals surface area contributed by atoms with Crippen LogP contribution in [0, 0.1) is 17.3 Å². The van der Waals surface area contributed by atoms with E-state index in [1.54, 1.807) is 0 Å². The summed E-state index contributed by atoms with van der Waals surface area (Å²) in [5.74, 6) is 0.767. The van der Waals surface area contributed by atoms with E-state index in [1.807, 2.05) is 24.3 Å². The van der Waals surface area contributed by atoms with E-state index in [2.05, 4.69) is 36.7 Å². The molecule has 1 aromatic rings. The van der Waals surface area contributed by atoms with Crippen LogP contribution < -0.4 is 16.0 Å². The molecule has 0 bridgehead atoms. The molecule has 2 aliphatic carbocycles. The number of benzene rings is 1. The van der Waals surface area contributed by atoms with Gasteiger partial charge in [0.25, 0.3) is 0 Å². The lowest BCUT2D eigenvalue weighted by Crippen LogP contribution is -2.48. The molecular weight excluding hydrogens is 338 g/mol. The Balaban J connectivity index is 1.46. The lowest BCUT2D eigenvalue weighted by molar-refractivity contribution is -0.122. The summed E-state index contributed by atoms with van der Waals surface area (Å²) in [7, 11) is 0. The highest BCUT2D eigenvalue weighted by molar-refractivity contribution is 5.93. The first-order valence-corrected chi connectivity index (χ1v) is 10.3. The molecule has 3 N–H and O–H groups in total. The van der Waals surface area contributed by atoms with Crippen molar-refractivity contribution in [2.75, 3.05) is 5.32 Å². The normalized spacial score (nSPS) is 24.6. The second-order valence-corrected chi connectivity index (χ2v) is 9.14. The third-order valence-electron chi connectivity index (χ3n) is 6.13. The van der Waals surface area contributed by atoms with Crippen molar-refractivity contribution in [2.24, 2.45) is 17.3 Å². The van der Waals surface area contributed by atoms with E-state index >= 15 is 0 Å². The zero-order valence-electron chi connectivity index (χ0n) is 16.8. The minimum Gasteiger partial charge on any atom is -0.335 e. The highest BCUT2D eigenvalue weighted by Crippen LogP contribution is 2.38. The zero-order valence-corrected chi connectivity index (χ0v) is 16.8. The van der Waals surface area contributed by atoms with Crippen molar-refractivity contribution < 1.29 is 9.59 Å². The van der Waals surface area contributed by atoms with Crippen molar-refractivity contribution in [3.63, 3.8) is 0 Å². The Morgan fingerprint density at radius 2 is 1.96 bits per heavy atom. The number of hydrogen-bond donors (Lipinski definition) is 3. The fourth-order valence-electron chi connectivity index (χ4n) is 4.24. The Morgan fingerprint density at radius 1 is 1.19 bits per heavy atom. The van der Waals surface area contributed by atoms with Gasteiger partial charge in [0.05, 0.1) is 0 Å². The quantitative estimate of drug-likeness (QED) is 0.716. The molecule has 0 aliphatic heterocycles. The first-order valence-electron chi connectivity index (χ1n) is 10.3. The van der Waals surface area contributed by atoms with Crippen LogP contribution in [-0.2, 0) is 11.3 Å². The summed E-state index contributed by atoms with van der Waals surface area (Å²) >= 11 is 0. The van der Waals surface area contributed by atoms with Crippen molar-refractivity contribution in [1.82, 2.24) is 10.6 Å². The number of carbonyl (C=O) groups is 2. The largest absolute Gasteiger partial charge is 0.335 e. The predicted octanol–water partition coefficient (Wildman–Crippen LogP) is 4.44. The maximum Gasteiger partial charge on any atom is 0.315 e. The molecule has 2 aliphatic rings. The molecule has 0 spiro atoms. The average molecular weight is 372 g/mol. The molecule has 5 nitrogen and oxygen atoms in total. The van der Waals surface area contributed by atoms with Gasteiger partial charge in [0, 0.05) is 24.2 Å². The number of carbonyl (C=O) groups excluding carboxylic acids is 2. The van der Waals surface area contributed by atoms with Gasteiger partial charge in [-0.25, -0.2) is 4.79 Å². The van der Waals surface area contributed by atoms with Gasteiger partial charge < -0.3 is 16.0 Å². The zero-order chi connectivity index (χ0) is 19.4. The SMILES string of the molecule is CC1CC(C)(C)CCC1NC(=O)NCc1cccc(NC(=O)C2CCC2)c1. The van der Waals surface area contributed by atoms with Crippen molar-refractivity contribution in [1.29, 1.82) is 0 Å². The summed E-state index contributed by atoms with van der Waals surface area (Å²) < 4.78 is 0. The number of nitrogens with one attached hydrogen (secondary N) is 3. The third-order valence-corrected chi connectivity index (χ3v) is 6.13. The maximum atomic E-state index is 12.3. The molecule has 27 heavy (non-hydrogen) atoms. The molecule has 5 heteroatoms. The first kappa shape index (κ1) is 19.7.